The number of benzene rings is 2. The van der Waals surface area contributed by atoms with Crippen molar-refractivity contribution < 1.29 is 13.9 Å². The second kappa shape index (κ2) is 8.36. The number of carbonyl (C=O) groups excluding carboxylic acids is 1. The molecule has 0 aliphatic heterocycles. The van der Waals surface area contributed by atoms with Gasteiger partial charge in [-0.3, -0.25) is 9.59 Å². The van der Waals surface area contributed by atoms with Crippen LogP contribution in [-0.4, -0.2) is 5.91 Å². The lowest BCUT2D eigenvalue weighted by Crippen LogP contribution is -2.25. The van der Waals surface area contributed by atoms with Gasteiger partial charge in [-0.2, -0.15) is 0 Å². The lowest BCUT2D eigenvalue weighted by atomic mass is 10.2. The summed E-state index contributed by atoms with van der Waals surface area (Å²) in [4.78, 5) is 24.5. The molecule has 0 radical (unpaired) electrons. The average molecular weight is 370 g/mol. The monoisotopic (exact) mass is 369 g/mol. The molecule has 26 heavy (non-hydrogen) atoms. The molecular weight excluding hydrogens is 354 g/mol. The van der Waals surface area contributed by atoms with E-state index in [0.717, 1.165) is 11.1 Å². The molecule has 0 saturated heterocycles. The normalized spacial score (nSPS) is 10.3. The Morgan fingerprint density at radius 1 is 1.04 bits per heavy atom. The van der Waals surface area contributed by atoms with Gasteiger partial charge in [0.15, 0.2) is 0 Å². The zero-order valence-electron chi connectivity index (χ0n) is 13.8. The standard InChI is InChI=1S/C20H16ClNO4/c21-16-8-4-7-15(11-16)12-22-20(24)19-18(17(23)9-10-25-19)26-13-14-5-2-1-3-6-14/h1-11H,12-13H2,(H,22,24). The molecule has 0 spiro atoms. The van der Waals surface area contributed by atoms with Crippen LogP contribution in [0.2, 0.25) is 5.02 Å². The maximum Gasteiger partial charge on any atom is 0.291 e. The quantitative estimate of drug-likeness (QED) is 0.717. The highest BCUT2D eigenvalue weighted by Crippen LogP contribution is 2.16. The first-order chi connectivity index (χ1) is 12.6. The minimum atomic E-state index is -0.536. The van der Waals surface area contributed by atoms with Crippen LogP contribution in [0.15, 0.2) is 76.1 Å². The van der Waals surface area contributed by atoms with Gasteiger partial charge in [-0.1, -0.05) is 54.1 Å². The number of hydrogen-bond acceptors (Lipinski definition) is 4. The molecule has 1 N–H and O–H groups in total. The third-order valence-electron chi connectivity index (χ3n) is 3.61. The number of halogens is 1. The highest BCUT2D eigenvalue weighted by Gasteiger charge is 2.19. The number of nitrogens with one attached hydrogen (secondary N) is 1. The van der Waals surface area contributed by atoms with Crippen molar-refractivity contribution in [1.82, 2.24) is 5.32 Å². The molecule has 6 heteroatoms. The second-order valence-corrected chi connectivity index (χ2v) is 5.97. The van der Waals surface area contributed by atoms with Gasteiger partial charge in [0.2, 0.25) is 16.9 Å². The van der Waals surface area contributed by atoms with E-state index >= 15 is 0 Å². The molecule has 3 aromatic rings. The fourth-order valence-corrected chi connectivity index (χ4v) is 2.55. The zero-order chi connectivity index (χ0) is 18.4. The van der Waals surface area contributed by atoms with E-state index in [4.69, 9.17) is 20.8 Å². The summed E-state index contributed by atoms with van der Waals surface area (Å²) < 4.78 is 10.8. The molecule has 1 heterocycles. The average Bonchev–Trinajstić information content (AvgIpc) is 2.66. The summed E-state index contributed by atoms with van der Waals surface area (Å²) in [5.74, 6) is -0.804. The minimum absolute atomic E-state index is 0.111. The number of carbonyl (C=O) groups is 1. The maximum atomic E-state index is 12.4. The predicted octanol–water partition coefficient (Wildman–Crippen LogP) is 3.80. The fourth-order valence-electron chi connectivity index (χ4n) is 2.34. The van der Waals surface area contributed by atoms with Crippen molar-refractivity contribution in [1.29, 1.82) is 0 Å². The highest BCUT2D eigenvalue weighted by atomic mass is 35.5. The van der Waals surface area contributed by atoms with Crippen LogP contribution in [0, 0.1) is 0 Å². The maximum absolute atomic E-state index is 12.4. The fraction of sp³-hybridized carbons (Fsp3) is 0.100. The Bertz CT molecular complexity index is 953. The summed E-state index contributed by atoms with van der Waals surface area (Å²) in [6.45, 7) is 0.403. The first-order valence-corrected chi connectivity index (χ1v) is 8.32. The van der Waals surface area contributed by atoms with Gasteiger partial charge in [0.05, 0.1) is 6.26 Å². The number of hydrogen-bond donors (Lipinski definition) is 1. The van der Waals surface area contributed by atoms with Gasteiger partial charge in [-0.25, -0.2) is 0 Å². The Morgan fingerprint density at radius 2 is 1.81 bits per heavy atom. The molecule has 0 fully saturated rings. The van der Waals surface area contributed by atoms with Gasteiger partial charge >= 0.3 is 0 Å². The van der Waals surface area contributed by atoms with Crippen LogP contribution in [-0.2, 0) is 13.2 Å². The largest absolute Gasteiger partial charge is 0.481 e. The molecule has 0 atom stereocenters. The summed E-state index contributed by atoms with van der Waals surface area (Å²) >= 11 is 5.93. The number of rotatable bonds is 6. The Balaban J connectivity index is 1.73. The van der Waals surface area contributed by atoms with E-state index in [9.17, 15) is 9.59 Å². The molecule has 0 aliphatic carbocycles. The van der Waals surface area contributed by atoms with Gasteiger partial charge in [-0.15, -0.1) is 0 Å². The van der Waals surface area contributed by atoms with Crippen molar-refractivity contribution in [2.24, 2.45) is 0 Å². The molecule has 0 saturated carbocycles. The van der Waals surface area contributed by atoms with Crippen LogP contribution < -0.4 is 15.5 Å². The minimum Gasteiger partial charge on any atom is -0.481 e. The summed E-state index contributed by atoms with van der Waals surface area (Å²) in [7, 11) is 0. The highest BCUT2D eigenvalue weighted by molar-refractivity contribution is 6.30. The van der Waals surface area contributed by atoms with Crippen molar-refractivity contribution >= 4 is 17.5 Å². The van der Waals surface area contributed by atoms with Crippen molar-refractivity contribution in [3.05, 3.63) is 99.1 Å². The SMILES string of the molecule is O=C(NCc1cccc(Cl)c1)c1occc(=O)c1OCc1ccccc1. The zero-order valence-corrected chi connectivity index (χ0v) is 14.5. The molecule has 3 rings (SSSR count). The van der Waals surface area contributed by atoms with Crippen molar-refractivity contribution in [2.75, 3.05) is 0 Å². The molecule has 132 valence electrons. The summed E-state index contributed by atoms with van der Waals surface area (Å²) in [6, 6.07) is 17.7. The Labute approximate surface area is 155 Å². The van der Waals surface area contributed by atoms with Gasteiger partial charge in [0.25, 0.3) is 5.91 Å². The Morgan fingerprint density at radius 3 is 2.58 bits per heavy atom. The number of amides is 1. The Hall–Kier alpha value is -3.05. The second-order valence-electron chi connectivity index (χ2n) is 5.53. The smallest absolute Gasteiger partial charge is 0.291 e. The van der Waals surface area contributed by atoms with E-state index in [2.05, 4.69) is 5.32 Å². The van der Waals surface area contributed by atoms with Crippen LogP contribution >= 0.6 is 11.6 Å². The van der Waals surface area contributed by atoms with E-state index in [-0.39, 0.29) is 24.7 Å². The van der Waals surface area contributed by atoms with Gasteiger partial charge < -0.3 is 14.5 Å². The summed E-state index contributed by atoms with van der Waals surface area (Å²) in [5.41, 5.74) is 1.29. The molecular formula is C20H16ClNO4. The van der Waals surface area contributed by atoms with E-state index in [1.165, 1.54) is 12.3 Å². The number of ether oxygens (including phenoxy) is 1. The van der Waals surface area contributed by atoms with Gasteiger partial charge in [0.1, 0.15) is 6.61 Å². The molecule has 1 amide bonds. The van der Waals surface area contributed by atoms with Crippen molar-refractivity contribution in [3.63, 3.8) is 0 Å². The molecule has 0 bridgehead atoms. The van der Waals surface area contributed by atoms with E-state index in [1.807, 2.05) is 36.4 Å². The van der Waals surface area contributed by atoms with Crippen LogP contribution in [0.4, 0.5) is 0 Å². The van der Waals surface area contributed by atoms with Crippen LogP contribution in [0.5, 0.6) is 5.75 Å². The third kappa shape index (κ3) is 4.52. The summed E-state index contributed by atoms with van der Waals surface area (Å²) in [5, 5.41) is 3.28. The molecule has 1 aromatic heterocycles. The van der Waals surface area contributed by atoms with Gasteiger partial charge in [0, 0.05) is 17.6 Å². The van der Waals surface area contributed by atoms with Crippen molar-refractivity contribution in [3.8, 4) is 5.75 Å². The van der Waals surface area contributed by atoms with Gasteiger partial charge in [-0.05, 0) is 23.3 Å². The van der Waals surface area contributed by atoms with Crippen LogP contribution in [0.3, 0.4) is 0 Å². The lowest BCUT2D eigenvalue weighted by Gasteiger charge is -2.10. The first kappa shape index (κ1) is 17.8. The lowest BCUT2D eigenvalue weighted by molar-refractivity contribution is 0.0912. The topological polar surface area (TPSA) is 68.5 Å². The molecule has 0 unspecified atom stereocenters. The first-order valence-electron chi connectivity index (χ1n) is 7.94. The van der Waals surface area contributed by atoms with Crippen molar-refractivity contribution in [2.45, 2.75) is 13.2 Å². The van der Waals surface area contributed by atoms with E-state index < -0.39 is 11.3 Å². The Kier molecular flexibility index (Phi) is 5.71. The predicted molar refractivity (Wildman–Crippen MR) is 98.4 cm³/mol. The van der Waals surface area contributed by atoms with E-state index in [1.54, 1.807) is 18.2 Å². The van der Waals surface area contributed by atoms with E-state index in [0.29, 0.717) is 5.02 Å². The summed E-state index contributed by atoms with van der Waals surface area (Å²) in [6.07, 6.45) is 1.17. The molecule has 0 aliphatic rings. The van der Waals surface area contributed by atoms with Crippen LogP contribution in [0.25, 0.3) is 0 Å². The molecule has 2 aromatic carbocycles. The molecule has 5 nitrogen and oxygen atoms in total. The van der Waals surface area contributed by atoms with Crippen LogP contribution in [0.1, 0.15) is 21.7 Å². The third-order valence-corrected chi connectivity index (χ3v) is 3.84.